The van der Waals surface area contributed by atoms with Gasteiger partial charge < -0.3 is 0 Å². The van der Waals surface area contributed by atoms with Crippen LogP contribution < -0.4 is 0 Å². The van der Waals surface area contributed by atoms with Crippen LogP contribution in [-0.4, -0.2) is 15.2 Å². The van der Waals surface area contributed by atoms with Gasteiger partial charge in [0.15, 0.2) is 0 Å². The highest BCUT2D eigenvalue weighted by Gasteiger charge is 2.16. The van der Waals surface area contributed by atoms with Gasteiger partial charge >= 0.3 is 0 Å². The Bertz CT molecular complexity index is 389. The van der Waals surface area contributed by atoms with Gasteiger partial charge in [-0.25, -0.2) is 9.97 Å². The number of hydrogen-bond acceptors (Lipinski definition) is 3. The molecule has 1 aromatic rings. The molecular formula is C14H21ClN2S. The Balaban J connectivity index is 1.96. The Kier molecular flexibility index (Phi) is 5.31. The highest BCUT2D eigenvalue weighted by Crippen LogP contribution is 2.31. The molecule has 1 fully saturated rings. The van der Waals surface area contributed by atoms with Crippen LogP contribution in [0.4, 0.5) is 0 Å². The average molecular weight is 285 g/mol. The summed E-state index contributed by atoms with van der Waals surface area (Å²) >= 11 is 8.06. The smallest absolute Gasteiger partial charge is 0.140 e. The van der Waals surface area contributed by atoms with E-state index in [1.807, 2.05) is 17.8 Å². The summed E-state index contributed by atoms with van der Waals surface area (Å²) in [5, 5.41) is 1.39. The molecular weight excluding hydrogens is 264 g/mol. The molecule has 1 heterocycles. The molecule has 4 heteroatoms. The molecule has 1 saturated carbocycles. The van der Waals surface area contributed by atoms with Crippen LogP contribution >= 0.6 is 23.4 Å². The van der Waals surface area contributed by atoms with Crippen molar-refractivity contribution < 1.29 is 0 Å². The topological polar surface area (TPSA) is 25.8 Å². The predicted molar refractivity (Wildman–Crippen MR) is 79.1 cm³/mol. The van der Waals surface area contributed by atoms with Crippen molar-refractivity contribution in [2.45, 2.75) is 57.0 Å². The normalized spacial score (nSPS) is 16.7. The molecule has 100 valence electrons. The van der Waals surface area contributed by atoms with E-state index in [0.717, 1.165) is 28.9 Å². The van der Waals surface area contributed by atoms with Crippen molar-refractivity contribution >= 4 is 23.4 Å². The fourth-order valence-electron chi connectivity index (χ4n) is 2.35. The van der Waals surface area contributed by atoms with Crippen molar-refractivity contribution in [3.8, 4) is 0 Å². The quantitative estimate of drug-likeness (QED) is 0.744. The highest BCUT2D eigenvalue weighted by atomic mass is 35.5. The molecule has 0 aliphatic heterocycles. The summed E-state index contributed by atoms with van der Waals surface area (Å²) in [6.45, 7) is 4.39. The van der Waals surface area contributed by atoms with E-state index in [2.05, 4.69) is 23.8 Å². The Morgan fingerprint density at radius 2 is 2.06 bits per heavy atom. The first kappa shape index (κ1) is 14.1. The fraction of sp³-hybridized carbons (Fsp3) is 0.714. The van der Waals surface area contributed by atoms with Crippen molar-refractivity contribution in [3.63, 3.8) is 0 Å². The Hall–Kier alpha value is -0.280. The fourth-order valence-corrected chi connectivity index (χ4v) is 3.75. The Morgan fingerprint density at radius 1 is 1.33 bits per heavy atom. The van der Waals surface area contributed by atoms with Gasteiger partial charge in [-0.1, -0.05) is 38.3 Å². The molecule has 0 atom stereocenters. The molecule has 2 nitrogen and oxygen atoms in total. The number of hydrogen-bond donors (Lipinski definition) is 0. The second-order valence-corrected chi connectivity index (χ2v) is 7.09. The van der Waals surface area contributed by atoms with Crippen molar-refractivity contribution in [1.29, 1.82) is 0 Å². The summed E-state index contributed by atoms with van der Waals surface area (Å²) in [6.07, 6.45) is 6.44. The van der Waals surface area contributed by atoms with E-state index in [-0.39, 0.29) is 0 Å². The summed E-state index contributed by atoms with van der Waals surface area (Å²) in [6, 6.07) is 1.89. The number of rotatable bonds is 5. The molecule has 0 bridgehead atoms. The van der Waals surface area contributed by atoms with Crippen LogP contribution in [0.5, 0.6) is 0 Å². The van der Waals surface area contributed by atoms with E-state index >= 15 is 0 Å². The Morgan fingerprint density at radius 3 is 2.72 bits per heavy atom. The average Bonchev–Trinajstić information content (AvgIpc) is 2.77. The zero-order valence-electron chi connectivity index (χ0n) is 11.2. The SMILES string of the molecule is CC(C)Cc1cc(Cl)nc(CSC2CCCC2)n1. The minimum Gasteiger partial charge on any atom is -0.237 e. The molecule has 0 spiro atoms. The maximum Gasteiger partial charge on any atom is 0.140 e. The lowest BCUT2D eigenvalue weighted by Gasteiger charge is -2.10. The van der Waals surface area contributed by atoms with Gasteiger partial charge in [-0.3, -0.25) is 0 Å². The van der Waals surface area contributed by atoms with Crippen LogP contribution in [0.25, 0.3) is 0 Å². The summed E-state index contributed by atoms with van der Waals surface area (Å²) in [5.41, 5.74) is 1.08. The third kappa shape index (κ3) is 4.43. The van der Waals surface area contributed by atoms with Gasteiger partial charge in [0.25, 0.3) is 0 Å². The van der Waals surface area contributed by atoms with Crippen LogP contribution in [0.1, 0.15) is 51.0 Å². The molecule has 2 rings (SSSR count). The van der Waals surface area contributed by atoms with E-state index in [4.69, 9.17) is 11.6 Å². The molecule has 0 unspecified atom stereocenters. The van der Waals surface area contributed by atoms with E-state index in [1.165, 1.54) is 25.7 Å². The van der Waals surface area contributed by atoms with Gasteiger partial charge in [-0.05, 0) is 31.2 Å². The van der Waals surface area contributed by atoms with Gasteiger partial charge in [0.2, 0.25) is 0 Å². The number of aromatic nitrogens is 2. The molecule has 1 aromatic heterocycles. The molecule has 0 aromatic carbocycles. The lowest BCUT2D eigenvalue weighted by atomic mass is 10.1. The standard InChI is InChI=1S/C14H21ClN2S/c1-10(2)7-11-8-13(15)17-14(16-11)9-18-12-5-3-4-6-12/h8,10,12H,3-7,9H2,1-2H3. The van der Waals surface area contributed by atoms with Crippen molar-refractivity contribution in [2.24, 2.45) is 5.92 Å². The lowest BCUT2D eigenvalue weighted by molar-refractivity contribution is 0.632. The van der Waals surface area contributed by atoms with Crippen LogP contribution in [0.3, 0.4) is 0 Å². The van der Waals surface area contributed by atoms with E-state index in [0.29, 0.717) is 11.1 Å². The van der Waals surface area contributed by atoms with E-state index < -0.39 is 0 Å². The summed E-state index contributed by atoms with van der Waals surface area (Å²) in [7, 11) is 0. The monoisotopic (exact) mass is 284 g/mol. The highest BCUT2D eigenvalue weighted by molar-refractivity contribution is 7.99. The van der Waals surface area contributed by atoms with Gasteiger partial charge in [-0.2, -0.15) is 11.8 Å². The number of thioether (sulfide) groups is 1. The van der Waals surface area contributed by atoms with Crippen molar-refractivity contribution in [3.05, 3.63) is 22.7 Å². The van der Waals surface area contributed by atoms with Crippen LogP contribution in [0, 0.1) is 5.92 Å². The first-order chi connectivity index (χ1) is 8.63. The van der Waals surface area contributed by atoms with Crippen LogP contribution in [0.2, 0.25) is 5.15 Å². The minimum absolute atomic E-state index is 0.586. The Labute approximate surface area is 119 Å². The largest absolute Gasteiger partial charge is 0.237 e. The molecule has 1 aliphatic rings. The number of nitrogens with zero attached hydrogens (tertiary/aromatic N) is 2. The molecule has 1 aliphatic carbocycles. The number of halogens is 1. The van der Waals surface area contributed by atoms with Crippen LogP contribution in [-0.2, 0) is 12.2 Å². The third-order valence-electron chi connectivity index (χ3n) is 3.16. The molecule has 0 N–H and O–H groups in total. The van der Waals surface area contributed by atoms with E-state index in [1.54, 1.807) is 0 Å². The van der Waals surface area contributed by atoms with Gasteiger partial charge in [0.05, 0.1) is 5.75 Å². The third-order valence-corrected chi connectivity index (χ3v) is 4.72. The lowest BCUT2D eigenvalue weighted by Crippen LogP contribution is -2.04. The second-order valence-electron chi connectivity index (χ2n) is 5.41. The van der Waals surface area contributed by atoms with Crippen molar-refractivity contribution in [2.75, 3.05) is 0 Å². The minimum atomic E-state index is 0.586. The molecule has 18 heavy (non-hydrogen) atoms. The van der Waals surface area contributed by atoms with Crippen molar-refractivity contribution in [1.82, 2.24) is 9.97 Å². The summed E-state index contributed by atoms with van der Waals surface area (Å²) in [5.74, 6) is 2.40. The van der Waals surface area contributed by atoms with Gasteiger partial charge in [0.1, 0.15) is 11.0 Å². The maximum absolute atomic E-state index is 6.07. The molecule has 0 radical (unpaired) electrons. The summed E-state index contributed by atoms with van der Waals surface area (Å²) in [4.78, 5) is 8.95. The summed E-state index contributed by atoms with van der Waals surface area (Å²) < 4.78 is 0. The van der Waals surface area contributed by atoms with Gasteiger partial charge in [0, 0.05) is 10.9 Å². The predicted octanol–water partition coefficient (Wildman–Crippen LogP) is 4.50. The first-order valence-corrected chi connectivity index (χ1v) is 8.20. The second kappa shape index (κ2) is 6.76. The van der Waals surface area contributed by atoms with Crippen LogP contribution in [0.15, 0.2) is 6.07 Å². The molecule has 0 saturated heterocycles. The maximum atomic E-state index is 6.07. The zero-order chi connectivity index (χ0) is 13.0. The van der Waals surface area contributed by atoms with Gasteiger partial charge in [-0.15, -0.1) is 0 Å². The van der Waals surface area contributed by atoms with E-state index in [9.17, 15) is 0 Å². The first-order valence-electron chi connectivity index (χ1n) is 6.77. The zero-order valence-corrected chi connectivity index (χ0v) is 12.7. The molecule has 0 amide bonds.